The molecule has 9 heteroatoms. The van der Waals surface area contributed by atoms with Gasteiger partial charge in [0.25, 0.3) is 5.56 Å². The van der Waals surface area contributed by atoms with Crippen molar-refractivity contribution in [3.8, 4) is 11.5 Å². The maximum atomic E-state index is 13.7. The lowest BCUT2D eigenvalue weighted by molar-refractivity contribution is 0.267. The van der Waals surface area contributed by atoms with Gasteiger partial charge in [-0.15, -0.1) is 6.58 Å². The van der Waals surface area contributed by atoms with Crippen LogP contribution in [0.2, 0.25) is 10.0 Å². The summed E-state index contributed by atoms with van der Waals surface area (Å²) in [6, 6.07) is 14.8. The zero-order valence-corrected chi connectivity index (χ0v) is 26.5. The van der Waals surface area contributed by atoms with Crippen molar-refractivity contribution in [2.75, 3.05) is 6.61 Å². The molecule has 4 aromatic rings. The first-order valence-corrected chi connectivity index (χ1v) is 15.7. The number of nitrogens with zero attached hydrogens (tertiary/aromatic N) is 3. The lowest BCUT2D eigenvalue weighted by Gasteiger charge is -2.22. The molecule has 218 valence electrons. The molecule has 0 atom stereocenters. The minimum atomic E-state index is -0.186. The third kappa shape index (κ3) is 6.91. The monoisotopic (exact) mass is 667 g/mol. The van der Waals surface area contributed by atoms with E-state index in [4.69, 9.17) is 42.8 Å². The minimum absolute atomic E-state index is 0.183. The van der Waals surface area contributed by atoms with Gasteiger partial charge in [0.2, 0.25) is 0 Å². The molecular formula is C33H32BrCl2N3O3. The van der Waals surface area contributed by atoms with E-state index < -0.39 is 0 Å². The van der Waals surface area contributed by atoms with Crippen molar-refractivity contribution in [3.05, 3.63) is 109 Å². The van der Waals surface area contributed by atoms with Gasteiger partial charge >= 0.3 is 0 Å². The zero-order valence-electron chi connectivity index (χ0n) is 23.4. The molecule has 1 heterocycles. The molecule has 0 aliphatic heterocycles. The summed E-state index contributed by atoms with van der Waals surface area (Å²) in [6.45, 7) is 6.53. The fourth-order valence-corrected chi connectivity index (χ4v) is 6.13. The van der Waals surface area contributed by atoms with Gasteiger partial charge in [0.05, 0.1) is 23.7 Å². The van der Waals surface area contributed by atoms with Gasteiger partial charge in [-0.1, -0.05) is 70.5 Å². The van der Waals surface area contributed by atoms with Crippen LogP contribution in [0, 0.1) is 0 Å². The highest BCUT2D eigenvalue weighted by Gasteiger charge is 2.23. The van der Waals surface area contributed by atoms with Gasteiger partial charge in [-0.2, -0.15) is 9.78 Å². The number of allylic oxidation sites excluding steroid dienone is 1. The molecule has 1 aliphatic rings. The first kappa shape index (κ1) is 30.3. The van der Waals surface area contributed by atoms with Gasteiger partial charge in [0.15, 0.2) is 11.5 Å². The van der Waals surface area contributed by atoms with Gasteiger partial charge in [-0.05, 0) is 74.2 Å². The van der Waals surface area contributed by atoms with Gasteiger partial charge in [-0.3, -0.25) is 4.79 Å². The van der Waals surface area contributed by atoms with Crippen LogP contribution in [0.3, 0.4) is 0 Å². The Morgan fingerprint density at radius 3 is 2.62 bits per heavy atom. The van der Waals surface area contributed by atoms with Crippen LogP contribution in [0.5, 0.6) is 11.5 Å². The van der Waals surface area contributed by atoms with Crippen LogP contribution >= 0.6 is 39.1 Å². The Bertz CT molecular complexity index is 1700. The number of hydrogen-bond acceptors (Lipinski definition) is 5. The Kier molecular flexibility index (Phi) is 10.0. The summed E-state index contributed by atoms with van der Waals surface area (Å²) < 4.78 is 14.6. The van der Waals surface area contributed by atoms with E-state index in [0.717, 1.165) is 46.8 Å². The fraction of sp³-hybridized carbons (Fsp3) is 0.303. The third-order valence-electron chi connectivity index (χ3n) is 7.33. The van der Waals surface area contributed by atoms with E-state index in [9.17, 15) is 4.79 Å². The summed E-state index contributed by atoms with van der Waals surface area (Å²) in [5, 5.41) is 6.34. The minimum Gasteiger partial charge on any atom is -0.490 e. The number of aromatic nitrogens is 2. The average molecular weight is 669 g/mol. The largest absolute Gasteiger partial charge is 0.490 e. The Morgan fingerprint density at radius 1 is 1.07 bits per heavy atom. The molecule has 42 heavy (non-hydrogen) atoms. The van der Waals surface area contributed by atoms with Crippen molar-refractivity contribution >= 4 is 56.2 Å². The molecular weight excluding hydrogens is 637 g/mol. The zero-order chi connectivity index (χ0) is 29.6. The van der Waals surface area contributed by atoms with Crippen LogP contribution < -0.4 is 15.0 Å². The fourth-order valence-electron chi connectivity index (χ4n) is 5.31. The molecule has 1 saturated carbocycles. The van der Waals surface area contributed by atoms with Crippen molar-refractivity contribution in [2.24, 2.45) is 5.10 Å². The normalized spacial score (nSPS) is 14.0. The van der Waals surface area contributed by atoms with Crippen molar-refractivity contribution < 1.29 is 9.47 Å². The topological polar surface area (TPSA) is 65.7 Å². The molecule has 0 N–H and O–H groups in total. The second-order valence-corrected chi connectivity index (χ2v) is 12.0. The molecule has 0 spiro atoms. The highest BCUT2D eigenvalue weighted by atomic mass is 79.9. The third-order valence-corrected chi connectivity index (χ3v) is 8.41. The summed E-state index contributed by atoms with van der Waals surface area (Å²) in [5.41, 5.74) is 2.95. The van der Waals surface area contributed by atoms with Gasteiger partial charge in [0, 0.05) is 31.6 Å². The Morgan fingerprint density at radius 2 is 1.88 bits per heavy atom. The summed E-state index contributed by atoms with van der Waals surface area (Å²) in [7, 11) is 0. The average Bonchev–Trinajstić information content (AvgIpc) is 2.98. The van der Waals surface area contributed by atoms with E-state index in [2.05, 4.69) is 22.5 Å². The van der Waals surface area contributed by atoms with Gasteiger partial charge in [0.1, 0.15) is 12.4 Å². The van der Waals surface area contributed by atoms with Crippen molar-refractivity contribution in [2.45, 2.75) is 58.0 Å². The van der Waals surface area contributed by atoms with E-state index in [1.165, 1.54) is 11.1 Å². The van der Waals surface area contributed by atoms with E-state index in [1.807, 2.05) is 43.3 Å². The second kappa shape index (κ2) is 13.9. The number of hydrogen-bond donors (Lipinski definition) is 0. The highest BCUT2D eigenvalue weighted by molar-refractivity contribution is 9.10. The molecule has 5 rings (SSSR count). The summed E-state index contributed by atoms with van der Waals surface area (Å²) in [5.74, 6) is 2.07. The molecule has 1 fully saturated rings. The molecule has 0 radical (unpaired) electrons. The van der Waals surface area contributed by atoms with Crippen LogP contribution in [0.25, 0.3) is 10.9 Å². The molecule has 3 aromatic carbocycles. The summed E-state index contributed by atoms with van der Waals surface area (Å²) in [6.07, 6.45) is 9.47. The van der Waals surface area contributed by atoms with Crippen LogP contribution in [0.1, 0.15) is 67.5 Å². The number of benzene rings is 3. The van der Waals surface area contributed by atoms with Crippen LogP contribution in [-0.2, 0) is 13.0 Å². The molecule has 1 aliphatic carbocycles. The number of fused-ring (bicyclic) bond motifs is 1. The summed E-state index contributed by atoms with van der Waals surface area (Å²) >= 11 is 15.9. The van der Waals surface area contributed by atoms with Crippen molar-refractivity contribution in [1.82, 2.24) is 9.66 Å². The smallest absolute Gasteiger partial charge is 0.282 e. The Balaban J connectivity index is 1.55. The lowest BCUT2D eigenvalue weighted by Crippen LogP contribution is -2.25. The maximum absolute atomic E-state index is 13.7. The van der Waals surface area contributed by atoms with E-state index >= 15 is 0 Å². The molecule has 0 bridgehead atoms. The number of halogens is 3. The molecule has 1 aromatic heterocycles. The quantitative estimate of drug-likeness (QED) is 0.125. The molecule has 0 amide bonds. The standard InChI is InChI=1S/C33H32BrCl2N3O3/c1-3-8-23-15-21(16-30(41-4-2)31(23)42-20-24-11-13-26(35)18-28(24)36)19-37-39-32(22-9-6-5-7-10-22)38-29-14-12-25(34)17-27(29)33(39)40/h3,11-19,22H,1,4-10,20H2,2H3. The molecule has 0 saturated heterocycles. The van der Waals surface area contributed by atoms with Gasteiger partial charge < -0.3 is 9.47 Å². The van der Waals surface area contributed by atoms with Crippen LogP contribution in [0.4, 0.5) is 0 Å². The lowest BCUT2D eigenvalue weighted by atomic mass is 9.88. The predicted molar refractivity (Wildman–Crippen MR) is 175 cm³/mol. The van der Waals surface area contributed by atoms with Crippen molar-refractivity contribution in [3.63, 3.8) is 0 Å². The highest BCUT2D eigenvalue weighted by Crippen LogP contribution is 2.36. The maximum Gasteiger partial charge on any atom is 0.282 e. The van der Waals surface area contributed by atoms with E-state index in [1.54, 1.807) is 24.4 Å². The van der Waals surface area contributed by atoms with Crippen LogP contribution in [0.15, 0.2) is 75.6 Å². The van der Waals surface area contributed by atoms with E-state index in [0.29, 0.717) is 51.3 Å². The van der Waals surface area contributed by atoms with Crippen LogP contribution in [-0.4, -0.2) is 22.5 Å². The number of rotatable bonds is 10. The van der Waals surface area contributed by atoms with Gasteiger partial charge in [-0.25, -0.2) is 4.98 Å². The Labute approximate surface area is 264 Å². The van der Waals surface area contributed by atoms with Crippen molar-refractivity contribution in [1.29, 1.82) is 0 Å². The summed E-state index contributed by atoms with van der Waals surface area (Å²) in [4.78, 5) is 18.7. The SMILES string of the molecule is C=CCc1cc(C=Nn2c(C3CCCCC3)nc3ccc(Br)cc3c2=O)cc(OCC)c1OCc1ccc(Cl)cc1Cl. The molecule has 0 unspecified atom stereocenters. The first-order chi connectivity index (χ1) is 20.4. The number of ether oxygens (including phenoxy) is 2. The molecule has 6 nitrogen and oxygen atoms in total. The predicted octanol–water partition coefficient (Wildman–Crippen LogP) is 9.10. The Hall–Kier alpha value is -3.13. The second-order valence-electron chi connectivity index (χ2n) is 10.3. The van der Waals surface area contributed by atoms with E-state index in [-0.39, 0.29) is 18.1 Å². The first-order valence-electron chi connectivity index (χ1n) is 14.1.